The lowest BCUT2D eigenvalue weighted by Crippen LogP contribution is -2.30. The third-order valence-electron chi connectivity index (χ3n) is 1.29. The summed E-state index contributed by atoms with van der Waals surface area (Å²) in [6, 6.07) is 0. The zero-order valence-electron chi connectivity index (χ0n) is 8.74. The first-order valence-electron chi connectivity index (χ1n) is 4.39. The molecule has 0 aliphatic rings. The van der Waals surface area contributed by atoms with Gasteiger partial charge in [-0.25, -0.2) is 8.42 Å². The first kappa shape index (κ1) is 13.4. The Bertz CT molecular complexity index is 271. The fourth-order valence-electron chi connectivity index (χ4n) is 0.753. The maximum Gasteiger partial charge on any atom is 0.320 e. The molecule has 0 aliphatic heterocycles. The van der Waals surface area contributed by atoms with Gasteiger partial charge in [-0.05, 0) is 13.8 Å². The number of sulfone groups is 1. The Morgan fingerprint density at radius 1 is 1.43 bits per heavy atom. The second kappa shape index (κ2) is 5.98. The minimum Gasteiger partial charge on any atom is -0.462 e. The van der Waals surface area contributed by atoms with Gasteiger partial charge in [0.15, 0.2) is 0 Å². The lowest BCUT2D eigenvalue weighted by Gasteiger charge is -2.08. The quantitative estimate of drug-likeness (QED) is 0.489. The SMILES string of the molecule is CC(C)OC(=O)CNCCS(C)(=O)=O. The Morgan fingerprint density at radius 3 is 2.43 bits per heavy atom. The van der Waals surface area contributed by atoms with Crippen molar-refractivity contribution >= 4 is 15.8 Å². The van der Waals surface area contributed by atoms with E-state index >= 15 is 0 Å². The van der Waals surface area contributed by atoms with E-state index in [4.69, 9.17) is 4.74 Å². The van der Waals surface area contributed by atoms with E-state index in [0.717, 1.165) is 6.26 Å². The van der Waals surface area contributed by atoms with Crippen molar-refractivity contribution in [1.29, 1.82) is 0 Å². The summed E-state index contributed by atoms with van der Waals surface area (Å²) >= 11 is 0. The standard InChI is InChI=1S/C8H17NO4S/c1-7(2)13-8(10)6-9-4-5-14(3,11)12/h7,9H,4-6H2,1-3H3. The zero-order valence-corrected chi connectivity index (χ0v) is 9.56. The van der Waals surface area contributed by atoms with Gasteiger partial charge in [-0.3, -0.25) is 4.79 Å². The first-order chi connectivity index (χ1) is 6.31. The molecule has 0 rings (SSSR count). The average Bonchev–Trinajstić information content (AvgIpc) is 1.95. The van der Waals surface area contributed by atoms with Crippen LogP contribution in [0.3, 0.4) is 0 Å². The molecule has 0 fully saturated rings. The van der Waals surface area contributed by atoms with E-state index in [1.54, 1.807) is 13.8 Å². The van der Waals surface area contributed by atoms with Crippen LogP contribution in [0, 0.1) is 0 Å². The molecule has 0 heterocycles. The Morgan fingerprint density at radius 2 is 2.00 bits per heavy atom. The maximum absolute atomic E-state index is 10.9. The van der Waals surface area contributed by atoms with E-state index in [2.05, 4.69) is 5.32 Å². The Labute approximate surface area is 84.7 Å². The van der Waals surface area contributed by atoms with Crippen LogP contribution in [0.5, 0.6) is 0 Å². The van der Waals surface area contributed by atoms with E-state index in [1.165, 1.54) is 0 Å². The molecule has 0 aliphatic carbocycles. The van der Waals surface area contributed by atoms with Crippen molar-refractivity contribution in [2.75, 3.05) is 25.1 Å². The Balaban J connectivity index is 3.51. The fraction of sp³-hybridized carbons (Fsp3) is 0.875. The van der Waals surface area contributed by atoms with Crippen LogP contribution in [0.2, 0.25) is 0 Å². The van der Waals surface area contributed by atoms with Gasteiger partial charge in [-0.2, -0.15) is 0 Å². The van der Waals surface area contributed by atoms with Gasteiger partial charge < -0.3 is 10.1 Å². The number of hydrogen-bond donors (Lipinski definition) is 1. The van der Waals surface area contributed by atoms with Crippen molar-refractivity contribution < 1.29 is 17.9 Å². The van der Waals surface area contributed by atoms with E-state index in [9.17, 15) is 13.2 Å². The molecule has 5 nitrogen and oxygen atoms in total. The van der Waals surface area contributed by atoms with Crippen LogP contribution in [0.15, 0.2) is 0 Å². The van der Waals surface area contributed by atoms with Crippen LogP contribution in [-0.4, -0.2) is 45.6 Å². The molecule has 14 heavy (non-hydrogen) atoms. The molecular formula is C8H17NO4S. The van der Waals surface area contributed by atoms with Crippen molar-refractivity contribution in [1.82, 2.24) is 5.32 Å². The maximum atomic E-state index is 10.9. The largest absolute Gasteiger partial charge is 0.462 e. The summed E-state index contributed by atoms with van der Waals surface area (Å²) in [6.07, 6.45) is 1.01. The summed E-state index contributed by atoms with van der Waals surface area (Å²) in [5, 5.41) is 2.69. The fourth-order valence-corrected chi connectivity index (χ4v) is 1.27. The van der Waals surface area contributed by atoms with Crippen molar-refractivity contribution in [3.05, 3.63) is 0 Å². The second-order valence-electron chi connectivity index (χ2n) is 3.35. The molecule has 0 aromatic heterocycles. The summed E-state index contributed by atoms with van der Waals surface area (Å²) in [6.45, 7) is 3.84. The third-order valence-corrected chi connectivity index (χ3v) is 2.23. The molecule has 0 unspecified atom stereocenters. The minimum absolute atomic E-state index is 0.0297. The van der Waals surface area contributed by atoms with Crippen LogP contribution in [-0.2, 0) is 19.4 Å². The number of hydrogen-bond acceptors (Lipinski definition) is 5. The monoisotopic (exact) mass is 223 g/mol. The molecule has 0 radical (unpaired) electrons. The summed E-state index contributed by atoms with van der Waals surface area (Å²) in [5.41, 5.74) is 0. The van der Waals surface area contributed by atoms with Crippen LogP contribution >= 0.6 is 0 Å². The number of ether oxygens (including phenoxy) is 1. The topological polar surface area (TPSA) is 72.5 Å². The highest BCUT2D eigenvalue weighted by Crippen LogP contribution is 1.87. The molecule has 0 amide bonds. The second-order valence-corrected chi connectivity index (χ2v) is 5.61. The molecule has 0 saturated carbocycles. The van der Waals surface area contributed by atoms with Gasteiger partial charge >= 0.3 is 5.97 Å². The van der Waals surface area contributed by atoms with Gasteiger partial charge in [-0.1, -0.05) is 0 Å². The average molecular weight is 223 g/mol. The van der Waals surface area contributed by atoms with Gasteiger partial charge in [-0.15, -0.1) is 0 Å². The highest BCUT2D eigenvalue weighted by atomic mass is 32.2. The highest BCUT2D eigenvalue weighted by Gasteiger charge is 2.05. The minimum atomic E-state index is -2.96. The number of esters is 1. The van der Waals surface area contributed by atoms with Gasteiger partial charge in [0, 0.05) is 12.8 Å². The molecule has 0 spiro atoms. The molecule has 84 valence electrons. The zero-order chi connectivity index (χ0) is 11.2. The molecule has 0 saturated heterocycles. The predicted molar refractivity (Wildman–Crippen MR) is 53.8 cm³/mol. The molecule has 0 aromatic carbocycles. The van der Waals surface area contributed by atoms with E-state index in [-0.39, 0.29) is 30.9 Å². The molecule has 0 atom stereocenters. The van der Waals surface area contributed by atoms with Crippen molar-refractivity contribution in [3.8, 4) is 0 Å². The summed E-state index contributed by atoms with van der Waals surface area (Å²) in [7, 11) is -2.96. The molecule has 0 bridgehead atoms. The van der Waals surface area contributed by atoms with Crippen LogP contribution in [0.1, 0.15) is 13.8 Å². The molecule has 1 N–H and O–H groups in total. The Hall–Kier alpha value is -0.620. The molecule has 6 heteroatoms. The summed E-state index contributed by atoms with van der Waals surface area (Å²) < 4.78 is 26.2. The van der Waals surface area contributed by atoms with Gasteiger partial charge in [0.25, 0.3) is 0 Å². The van der Waals surface area contributed by atoms with E-state index in [1.807, 2.05) is 0 Å². The Kier molecular flexibility index (Phi) is 5.71. The molecule has 0 aromatic rings. The number of carbonyl (C=O) groups is 1. The summed E-state index contributed by atoms with van der Waals surface area (Å²) in [4.78, 5) is 10.9. The van der Waals surface area contributed by atoms with E-state index in [0.29, 0.717) is 0 Å². The van der Waals surface area contributed by atoms with Gasteiger partial charge in [0.1, 0.15) is 9.84 Å². The number of nitrogens with one attached hydrogen (secondary N) is 1. The van der Waals surface area contributed by atoms with Gasteiger partial charge in [0.2, 0.25) is 0 Å². The van der Waals surface area contributed by atoms with E-state index < -0.39 is 9.84 Å². The smallest absolute Gasteiger partial charge is 0.320 e. The predicted octanol–water partition coefficient (Wildman–Crippen LogP) is -0.428. The normalized spacial score (nSPS) is 11.7. The molecular weight excluding hydrogens is 206 g/mol. The summed E-state index contributed by atoms with van der Waals surface area (Å²) in [5.74, 6) is -0.337. The first-order valence-corrected chi connectivity index (χ1v) is 6.45. The van der Waals surface area contributed by atoms with Crippen molar-refractivity contribution in [2.45, 2.75) is 20.0 Å². The van der Waals surface area contributed by atoms with Crippen LogP contribution in [0.25, 0.3) is 0 Å². The highest BCUT2D eigenvalue weighted by molar-refractivity contribution is 7.90. The van der Waals surface area contributed by atoms with Crippen LogP contribution in [0.4, 0.5) is 0 Å². The van der Waals surface area contributed by atoms with Gasteiger partial charge in [0.05, 0.1) is 18.4 Å². The lowest BCUT2D eigenvalue weighted by molar-refractivity contribution is -0.146. The number of carbonyl (C=O) groups excluding carboxylic acids is 1. The van der Waals surface area contributed by atoms with Crippen molar-refractivity contribution in [2.24, 2.45) is 0 Å². The van der Waals surface area contributed by atoms with Crippen molar-refractivity contribution in [3.63, 3.8) is 0 Å². The third kappa shape index (κ3) is 9.47. The lowest BCUT2D eigenvalue weighted by atomic mass is 10.5. The van der Waals surface area contributed by atoms with Crippen LogP contribution < -0.4 is 5.32 Å². The number of rotatable bonds is 6.